The quantitative estimate of drug-likeness (QED) is 0.692. The first-order valence-corrected chi connectivity index (χ1v) is 7.30. The second kappa shape index (κ2) is 5.96. The number of nitrogens with one attached hydrogen (secondary N) is 2. The summed E-state index contributed by atoms with van der Waals surface area (Å²) in [5.41, 5.74) is 9.25. The zero-order chi connectivity index (χ0) is 16.4. The van der Waals surface area contributed by atoms with Crippen LogP contribution in [0.15, 0.2) is 48.5 Å². The maximum atomic E-state index is 12.3. The van der Waals surface area contributed by atoms with E-state index in [1.165, 1.54) is 0 Å². The van der Waals surface area contributed by atoms with Gasteiger partial charge in [-0.15, -0.1) is 0 Å². The number of nitrogens with two attached hydrogens (primary N) is 1. The molecular weight excluding hydrogens is 290 g/mol. The fourth-order valence-corrected chi connectivity index (χ4v) is 2.65. The molecule has 5 heteroatoms. The molecule has 0 radical (unpaired) electrons. The summed E-state index contributed by atoms with van der Waals surface area (Å²) in [5, 5.41) is 3.89. The Balaban J connectivity index is 1.76. The molecule has 4 N–H and O–H groups in total. The van der Waals surface area contributed by atoms with Crippen molar-refractivity contribution in [2.75, 3.05) is 5.32 Å². The molecule has 2 aromatic carbocycles. The van der Waals surface area contributed by atoms with Crippen molar-refractivity contribution in [3.63, 3.8) is 0 Å². The van der Waals surface area contributed by atoms with Gasteiger partial charge in [-0.1, -0.05) is 18.2 Å². The van der Waals surface area contributed by atoms with Crippen LogP contribution in [-0.4, -0.2) is 16.8 Å². The number of amides is 2. The molecule has 0 unspecified atom stereocenters. The van der Waals surface area contributed by atoms with Crippen molar-refractivity contribution in [3.8, 4) is 0 Å². The Morgan fingerprint density at radius 1 is 1.09 bits per heavy atom. The summed E-state index contributed by atoms with van der Waals surface area (Å²) in [6.07, 6.45) is 0.285. The maximum absolute atomic E-state index is 12.3. The van der Waals surface area contributed by atoms with Gasteiger partial charge in [-0.3, -0.25) is 9.59 Å². The predicted molar refractivity (Wildman–Crippen MR) is 90.3 cm³/mol. The van der Waals surface area contributed by atoms with Gasteiger partial charge in [0.05, 0.1) is 6.42 Å². The Kier molecular flexibility index (Phi) is 3.85. The molecule has 0 aliphatic rings. The van der Waals surface area contributed by atoms with E-state index in [9.17, 15) is 9.59 Å². The molecule has 0 aliphatic carbocycles. The average molecular weight is 307 g/mol. The molecule has 116 valence electrons. The second-order valence-electron chi connectivity index (χ2n) is 5.44. The van der Waals surface area contributed by atoms with Crippen LogP contribution >= 0.6 is 0 Å². The molecule has 0 fully saturated rings. The van der Waals surface area contributed by atoms with E-state index in [1.54, 1.807) is 24.3 Å². The zero-order valence-electron chi connectivity index (χ0n) is 12.7. The average Bonchev–Trinajstić information content (AvgIpc) is 2.84. The minimum absolute atomic E-state index is 0.107. The SMILES string of the molecule is Cc1[nH]c2ccccc2c1CC(=O)Nc1ccc(C(N)=O)cc1. The highest BCUT2D eigenvalue weighted by Gasteiger charge is 2.12. The molecule has 0 saturated heterocycles. The number of benzene rings is 2. The summed E-state index contributed by atoms with van der Waals surface area (Å²) < 4.78 is 0. The number of para-hydroxylation sites is 1. The van der Waals surface area contributed by atoms with Crippen LogP contribution in [0.3, 0.4) is 0 Å². The lowest BCUT2D eigenvalue weighted by atomic mass is 10.1. The highest BCUT2D eigenvalue weighted by atomic mass is 16.2. The summed E-state index contributed by atoms with van der Waals surface area (Å²) in [6, 6.07) is 14.4. The Morgan fingerprint density at radius 3 is 2.48 bits per heavy atom. The molecular formula is C18H17N3O2. The Bertz CT molecular complexity index is 879. The van der Waals surface area contributed by atoms with Gasteiger partial charge in [-0.25, -0.2) is 0 Å². The van der Waals surface area contributed by atoms with Crippen molar-refractivity contribution < 1.29 is 9.59 Å². The third kappa shape index (κ3) is 3.08. The van der Waals surface area contributed by atoms with Crippen molar-refractivity contribution in [2.24, 2.45) is 5.73 Å². The highest BCUT2D eigenvalue weighted by molar-refractivity contribution is 5.97. The van der Waals surface area contributed by atoms with Crippen molar-refractivity contribution in [3.05, 3.63) is 65.4 Å². The van der Waals surface area contributed by atoms with Crippen LogP contribution < -0.4 is 11.1 Å². The molecule has 2 amide bonds. The van der Waals surface area contributed by atoms with Crippen LogP contribution in [0.25, 0.3) is 10.9 Å². The number of anilines is 1. The molecule has 0 bridgehead atoms. The fraction of sp³-hybridized carbons (Fsp3) is 0.111. The van der Waals surface area contributed by atoms with Crippen LogP contribution in [0.1, 0.15) is 21.6 Å². The molecule has 1 heterocycles. The molecule has 0 aliphatic heterocycles. The summed E-state index contributed by atoms with van der Waals surface area (Å²) in [6.45, 7) is 1.96. The van der Waals surface area contributed by atoms with Crippen LogP contribution in [0.2, 0.25) is 0 Å². The van der Waals surface area contributed by atoms with Gasteiger partial charge in [0.15, 0.2) is 0 Å². The van der Waals surface area contributed by atoms with E-state index >= 15 is 0 Å². The van der Waals surface area contributed by atoms with Gasteiger partial charge in [0.2, 0.25) is 11.8 Å². The number of hydrogen-bond acceptors (Lipinski definition) is 2. The first-order chi connectivity index (χ1) is 11.0. The van der Waals surface area contributed by atoms with E-state index in [-0.39, 0.29) is 12.3 Å². The van der Waals surface area contributed by atoms with Gasteiger partial charge >= 0.3 is 0 Å². The Labute approximate surface area is 133 Å². The van der Waals surface area contributed by atoms with E-state index in [4.69, 9.17) is 5.73 Å². The van der Waals surface area contributed by atoms with Gasteiger partial charge in [-0.2, -0.15) is 0 Å². The van der Waals surface area contributed by atoms with Crippen molar-refractivity contribution in [2.45, 2.75) is 13.3 Å². The number of hydrogen-bond donors (Lipinski definition) is 3. The third-order valence-electron chi connectivity index (χ3n) is 3.82. The summed E-state index contributed by atoms with van der Waals surface area (Å²) in [7, 11) is 0. The van der Waals surface area contributed by atoms with E-state index in [0.717, 1.165) is 22.2 Å². The van der Waals surface area contributed by atoms with Crippen LogP contribution in [0.5, 0.6) is 0 Å². The van der Waals surface area contributed by atoms with Gasteiger partial charge < -0.3 is 16.0 Å². The Morgan fingerprint density at radius 2 is 1.78 bits per heavy atom. The van der Waals surface area contributed by atoms with Crippen molar-refractivity contribution >= 4 is 28.4 Å². The van der Waals surface area contributed by atoms with Gasteiger partial charge in [-0.05, 0) is 42.8 Å². The molecule has 0 spiro atoms. The van der Waals surface area contributed by atoms with Gasteiger partial charge in [0, 0.05) is 27.8 Å². The first-order valence-electron chi connectivity index (χ1n) is 7.30. The van der Waals surface area contributed by atoms with E-state index in [1.807, 2.05) is 31.2 Å². The summed E-state index contributed by atoms with van der Waals surface area (Å²) >= 11 is 0. The number of aromatic amines is 1. The molecule has 23 heavy (non-hydrogen) atoms. The normalized spacial score (nSPS) is 10.7. The monoisotopic (exact) mass is 307 g/mol. The fourth-order valence-electron chi connectivity index (χ4n) is 2.65. The minimum Gasteiger partial charge on any atom is -0.366 e. The summed E-state index contributed by atoms with van der Waals surface area (Å²) in [5.74, 6) is -0.595. The number of H-pyrrole nitrogens is 1. The smallest absolute Gasteiger partial charge is 0.248 e. The molecule has 0 saturated carbocycles. The second-order valence-corrected chi connectivity index (χ2v) is 5.44. The minimum atomic E-state index is -0.489. The maximum Gasteiger partial charge on any atom is 0.248 e. The largest absolute Gasteiger partial charge is 0.366 e. The molecule has 3 rings (SSSR count). The number of fused-ring (bicyclic) bond motifs is 1. The Hall–Kier alpha value is -3.08. The third-order valence-corrected chi connectivity index (χ3v) is 3.82. The topological polar surface area (TPSA) is 88.0 Å². The van der Waals surface area contributed by atoms with Crippen LogP contribution in [0.4, 0.5) is 5.69 Å². The van der Waals surface area contributed by atoms with Gasteiger partial charge in [0.1, 0.15) is 0 Å². The highest BCUT2D eigenvalue weighted by Crippen LogP contribution is 2.22. The number of aromatic nitrogens is 1. The number of rotatable bonds is 4. The van der Waals surface area contributed by atoms with Crippen molar-refractivity contribution in [1.29, 1.82) is 0 Å². The van der Waals surface area contributed by atoms with Crippen LogP contribution in [-0.2, 0) is 11.2 Å². The number of aryl methyl sites for hydroxylation is 1. The lowest BCUT2D eigenvalue weighted by Crippen LogP contribution is -2.15. The summed E-state index contributed by atoms with van der Waals surface area (Å²) in [4.78, 5) is 26.6. The van der Waals surface area contributed by atoms with Gasteiger partial charge in [0.25, 0.3) is 0 Å². The number of carbonyl (C=O) groups excluding carboxylic acids is 2. The molecule has 1 aromatic heterocycles. The molecule has 5 nitrogen and oxygen atoms in total. The lowest BCUT2D eigenvalue weighted by molar-refractivity contribution is -0.115. The van der Waals surface area contributed by atoms with Crippen LogP contribution in [0, 0.1) is 6.92 Å². The van der Waals surface area contributed by atoms with E-state index in [2.05, 4.69) is 10.3 Å². The lowest BCUT2D eigenvalue weighted by Gasteiger charge is -2.06. The van der Waals surface area contributed by atoms with E-state index < -0.39 is 5.91 Å². The first kappa shape index (κ1) is 14.8. The molecule has 3 aromatic rings. The molecule has 0 atom stereocenters. The standard InChI is InChI=1S/C18H17N3O2/c1-11-15(14-4-2-3-5-16(14)20-11)10-17(22)21-13-8-6-12(7-9-13)18(19)23/h2-9,20H,10H2,1H3,(H2,19,23)(H,21,22). The number of primary amides is 1. The predicted octanol–water partition coefficient (Wildman–Crippen LogP) is 2.76. The van der Waals surface area contributed by atoms with Crippen molar-refractivity contribution in [1.82, 2.24) is 4.98 Å². The zero-order valence-corrected chi connectivity index (χ0v) is 12.7. The number of carbonyl (C=O) groups is 2. The van der Waals surface area contributed by atoms with E-state index in [0.29, 0.717) is 11.3 Å².